The molecule has 0 saturated heterocycles. The lowest BCUT2D eigenvalue weighted by molar-refractivity contribution is 0.0601. The third kappa shape index (κ3) is 3.31. The van der Waals surface area contributed by atoms with Crippen molar-refractivity contribution in [1.29, 1.82) is 0 Å². The van der Waals surface area contributed by atoms with Gasteiger partial charge in [0.05, 0.1) is 12.7 Å². The Kier molecular flexibility index (Phi) is 5.18. The Morgan fingerprint density at radius 1 is 1.18 bits per heavy atom. The minimum absolute atomic E-state index is 0.201. The van der Waals surface area contributed by atoms with E-state index < -0.39 is 0 Å². The Bertz CT molecular complexity index is 1050. The molecule has 0 spiro atoms. The molecule has 28 heavy (non-hydrogen) atoms. The number of esters is 1. The molecule has 1 unspecified atom stereocenters. The van der Waals surface area contributed by atoms with E-state index in [9.17, 15) is 9.59 Å². The van der Waals surface area contributed by atoms with Gasteiger partial charge in [-0.3, -0.25) is 4.79 Å². The number of methoxy groups -OCH3 is 1. The topological polar surface area (TPSA) is 55.4 Å². The van der Waals surface area contributed by atoms with Gasteiger partial charge in [-0.15, -0.1) is 11.3 Å². The highest BCUT2D eigenvalue weighted by Crippen LogP contribution is 2.41. The molecule has 1 amide bonds. The summed E-state index contributed by atoms with van der Waals surface area (Å²) in [7, 11) is 1.39. The van der Waals surface area contributed by atoms with Crippen molar-refractivity contribution in [2.75, 3.05) is 12.4 Å². The zero-order valence-corrected chi connectivity index (χ0v) is 16.9. The van der Waals surface area contributed by atoms with Crippen LogP contribution in [-0.2, 0) is 17.6 Å². The van der Waals surface area contributed by atoms with E-state index in [1.165, 1.54) is 23.3 Å². The maximum atomic E-state index is 13.1. The average Bonchev–Trinajstić information content (AvgIpc) is 3.09. The second-order valence-electron chi connectivity index (χ2n) is 7.20. The molecular weight excluding hydrogens is 370 g/mol. The van der Waals surface area contributed by atoms with Gasteiger partial charge in [0.1, 0.15) is 5.00 Å². The Labute approximate surface area is 168 Å². The third-order valence-electron chi connectivity index (χ3n) is 5.60. The lowest BCUT2D eigenvalue weighted by Crippen LogP contribution is -2.16. The minimum atomic E-state index is -0.374. The van der Waals surface area contributed by atoms with Crippen LogP contribution in [0.2, 0.25) is 0 Å². The Hall–Kier alpha value is -2.66. The molecule has 1 aliphatic rings. The highest BCUT2D eigenvalue weighted by atomic mass is 32.1. The molecule has 1 atom stereocenters. The second kappa shape index (κ2) is 7.76. The van der Waals surface area contributed by atoms with E-state index in [1.807, 2.05) is 42.5 Å². The van der Waals surface area contributed by atoms with Crippen LogP contribution in [0.3, 0.4) is 0 Å². The van der Waals surface area contributed by atoms with Crippen LogP contribution in [-0.4, -0.2) is 19.0 Å². The van der Waals surface area contributed by atoms with Crippen LogP contribution in [0.25, 0.3) is 10.8 Å². The summed E-state index contributed by atoms with van der Waals surface area (Å²) in [6.07, 6.45) is 4.02. The molecule has 0 fully saturated rings. The van der Waals surface area contributed by atoms with E-state index in [1.54, 1.807) is 0 Å². The van der Waals surface area contributed by atoms with Gasteiger partial charge in [0.25, 0.3) is 5.91 Å². The quantitative estimate of drug-likeness (QED) is 0.599. The molecule has 1 N–H and O–H groups in total. The molecule has 144 valence electrons. The first kappa shape index (κ1) is 18.7. The fraction of sp³-hybridized carbons (Fsp3) is 0.304. The average molecular weight is 394 g/mol. The van der Waals surface area contributed by atoms with E-state index in [0.29, 0.717) is 22.0 Å². The van der Waals surface area contributed by atoms with Gasteiger partial charge in [-0.2, -0.15) is 0 Å². The van der Waals surface area contributed by atoms with Gasteiger partial charge in [0, 0.05) is 10.4 Å². The van der Waals surface area contributed by atoms with Crippen LogP contribution >= 0.6 is 11.3 Å². The maximum Gasteiger partial charge on any atom is 0.341 e. The summed E-state index contributed by atoms with van der Waals surface area (Å²) >= 11 is 1.52. The summed E-state index contributed by atoms with van der Waals surface area (Å²) in [5.74, 6) is 0.0616. The molecule has 4 rings (SSSR count). The van der Waals surface area contributed by atoms with Crippen LogP contribution < -0.4 is 5.32 Å². The van der Waals surface area contributed by atoms with Crippen molar-refractivity contribution in [1.82, 2.24) is 0 Å². The number of rotatable bonds is 4. The highest BCUT2D eigenvalue weighted by molar-refractivity contribution is 7.17. The summed E-state index contributed by atoms with van der Waals surface area (Å²) in [5.41, 5.74) is 2.19. The summed E-state index contributed by atoms with van der Waals surface area (Å²) < 4.78 is 5.03. The SMILES string of the molecule is CCC1CCc2c(sc(NC(=O)c3cccc4ccccc34)c2C(=O)OC)C1. The molecule has 5 heteroatoms. The van der Waals surface area contributed by atoms with Crippen LogP contribution in [0.5, 0.6) is 0 Å². The van der Waals surface area contributed by atoms with E-state index in [0.717, 1.165) is 42.0 Å². The summed E-state index contributed by atoms with van der Waals surface area (Å²) in [6.45, 7) is 2.20. The van der Waals surface area contributed by atoms with Crippen LogP contribution in [0.1, 0.15) is 50.9 Å². The summed E-state index contributed by atoms with van der Waals surface area (Å²) in [4.78, 5) is 26.8. The molecule has 4 nitrogen and oxygen atoms in total. The number of hydrogen-bond donors (Lipinski definition) is 1. The molecule has 0 radical (unpaired) electrons. The van der Waals surface area contributed by atoms with Gasteiger partial charge >= 0.3 is 5.97 Å². The number of carbonyl (C=O) groups excluding carboxylic acids is 2. The van der Waals surface area contributed by atoms with E-state index in [2.05, 4.69) is 12.2 Å². The fourth-order valence-electron chi connectivity index (χ4n) is 4.00. The van der Waals surface area contributed by atoms with Crippen molar-refractivity contribution < 1.29 is 14.3 Å². The molecule has 1 aromatic heterocycles. The second-order valence-corrected chi connectivity index (χ2v) is 8.30. The first-order valence-electron chi connectivity index (χ1n) is 9.64. The number of benzene rings is 2. The van der Waals surface area contributed by atoms with Crippen LogP contribution in [0.4, 0.5) is 5.00 Å². The first-order chi connectivity index (χ1) is 13.6. The van der Waals surface area contributed by atoms with Gasteiger partial charge in [-0.25, -0.2) is 4.79 Å². The molecule has 3 aromatic rings. The zero-order valence-electron chi connectivity index (χ0n) is 16.1. The van der Waals surface area contributed by atoms with Crippen LogP contribution in [0.15, 0.2) is 42.5 Å². The molecule has 1 heterocycles. The van der Waals surface area contributed by atoms with Gasteiger partial charge < -0.3 is 10.1 Å². The monoisotopic (exact) mass is 393 g/mol. The smallest absolute Gasteiger partial charge is 0.341 e. The molecule has 2 aromatic carbocycles. The van der Waals surface area contributed by atoms with E-state index in [4.69, 9.17) is 4.74 Å². The van der Waals surface area contributed by atoms with E-state index in [-0.39, 0.29) is 11.9 Å². The Morgan fingerprint density at radius 2 is 1.96 bits per heavy atom. The number of ether oxygens (including phenoxy) is 1. The fourth-order valence-corrected chi connectivity index (χ4v) is 5.35. The minimum Gasteiger partial charge on any atom is -0.465 e. The number of nitrogens with one attached hydrogen (secondary N) is 1. The van der Waals surface area contributed by atoms with Crippen molar-refractivity contribution >= 4 is 39.0 Å². The predicted molar refractivity (Wildman–Crippen MR) is 113 cm³/mol. The molecule has 1 aliphatic carbocycles. The number of anilines is 1. The summed E-state index contributed by atoms with van der Waals surface area (Å²) in [5, 5.41) is 5.52. The number of amides is 1. The number of hydrogen-bond acceptors (Lipinski definition) is 4. The number of carbonyl (C=O) groups is 2. The van der Waals surface area contributed by atoms with Crippen molar-refractivity contribution in [2.45, 2.75) is 32.6 Å². The third-order valence-corrected chi connectivity index (χ3v) is 6.77. The summed E-state index contributed by atoms with van der Waals surface area (Å²) in [6, 6.07) is 13.5. The maximum absolute atomic E-state index is 13.1. The van der Waals surface area contributed by atoms with Gasteiger partial charge in [-0.1, -0.05) is 49.7 Å². The lowest BCUT2D eigenvalue weighted by atomic mass is 9.85. The van der Waals surface area contributed by atoms with Crippen molar-refractivity contribution in [3.63, 3.8) is 0 Å². The van der Waals surface area contributed by atoms with E-state index >= 15 is 0 Å². The molecular formula is C23H23NO3S. The van der Waals surface area contributed by atoms with Gasteiger partial charge in [0.2, 0.25) is 0 Å². The van der Waals surface area contributed by atoms with Crippen LogP contribution in [0, 0.1) is 5.92 Å². The standard InChI is InChI=1S/C23H23NO3S/c1-3-14-11-12-18-19(13-14)28-22(20(18)23(26)27-2)24-21(25)17-10-6-8-15-7-4-5-9-16(15)17/h4-10,14H,3,11-13H2,1-2H3,(H,24,25). The van der Waals surface area contributed by atoms with Gasteiger partial charge in [0.15, 0.2) is 0 Å². The molecule has 0 aliphatic heterocycles. The van der Waals surface area contributed by atoms with Gasteiger partial charge in [-0.05, 0) is 47.6 Å². The largest absolute Gasteiger partial charge is 0.465 e. The molecule has 0 bridgehead atoms. The van der Waals surface area contributed by atoms with Crippen molar-refractivity contribution in [3.05, 3.63) is 64.0 Å². The normalized spacial score (nSPS) is 15.9. The molecule has 0 saturated carbocycles. The predicted octanol–water partition coefficient (Wildman–Crippen LogP) is 5.46. The first-order valence-corrected chi connectivity index (χ1v) is 10.5. The lowest BCUT2D eigenvalue weighted by Gasteiger charge is -2.20. The van der Waals surface area contributed by atoms with Crippen molar-refractivity contribution in [2.24, 2.45) is 5.92 Å². The number of fused-ring (bicyclic) bond motifs is 2. The number of thiophene rings is 1. The highest BCUT2D eigenvalue weighted by Gasteiger charge is 2.29. The zero-order chi connectivity index (χ0) is 19.7. The Morgan fingerprint density at radius 3 is 2.75 bits per heavy atom. The Balaban J connectivity index is 1.72. The van der Waals surface area contributed by atoms with Crippen molar-refractivity contribution in [3.8, 4) is 0 Å².